The lowest BCUT2D eigenvalue weighted by molar-refractivity contribution is 0.280. The molecule has 0 aliphatic rings. The van der Waals surface area contributed by atoms with Gasteiger partial charge in [0.25, 0.3) is 0 Å². The maximum absolute atomic E-state index is 8.86. The SMILES string of the molecule is CC(C#N)COc1ccc(C(C)(C)C)cc1C(C)(C)C. The van der Waals surface area contributed by atoms with E-state index in [-0.39, 0.29) is 16.7 Å². The lowest BCUT2D eigenvalue weighted by atomic mass is 9.80. The van der Waals surface area contributed by atoms with Crippen LogP contribution in [0.3, 0.4) is 0 Å². The van der Waals surface area contributed by atoms with Crippen LogP contribution in [-0.2, 0) is 10.8 Å². The fourth-order valence-electron chi connectivity index (χ4n) is 1.96. The molecule has 0 radical (unpaired) electrons. The molecular formula is C18H27NO. The molecule has 0 aliphatic carbocycles. The van der Waals surface area contributed by atoms with Crippen LogP contribution in [0.15, 0.2) is 18.2 Å². The van der Waals surface area contributed by atoms with Crippen molar-refractivity contribution in [2.45, 2.75) is 59.3 Å². The van der Waals surface area contributed by atoms with E-state index in [4.69, 9.17) is 10.00 Å². The molecule has 0 N–H and O–H groups in total. The van der Waals surface area contributed by atoms with Crippen LogP contribution in [0, 0.1) is 17.2 Å². The van der Waals surface area contributed by atoms with Crippen molar-refractivity contribution in [3.63, 3.8) is 0 Å². The van der Waals surface area contributed by atoms with E-state index >= 15 is 0 Å². The van der Waals surface area contributed by atoms with Crippen molar-refractivity contribution in [3.8, 4) is 11.8 Å². The number of hydrogen-bond acceptors (Lipinski definition) is 2. The van der Waals surface area contributed by atoms with Crippen molar-refractivity contribution in [1.82, 2.24) is 0 Å². The number of benzene rings is 1. The fraction of sp³-hybridized carbons (Fsp3) is 0.611. The molecule has 0 bridgehead atoms. The third kappa shape index (κ3) is 4.27. The van der Waals surface area contributed by atoms with E-state index in [0.29, 0.717) is 6.61 Å². The van der Waals surface area contributed by atoms with E-state index < -0.39 is 0 Å². The average molecular weight is 273 g/mol. The third-order valence-corrected chi connectivity index (χ3v) is 3.36. The van der Waals surface area contributed by atoms with Crippen molar-refractivity contribution < 1.29 is 4.74 Å². The van der Waals surface area contributed by atoms with Gasteiger partial charge in [-0.3, -0.25) is 0 Å². The largest absolute Gasteiger partial charge is 0.492 e. The molecule has 110 valence electrons. The number of nitriles is 1. The highest BCUT2D eigenvalue weighted by molar-refractivity contribution is 5.43. The van der Waals surface area contributed by atoms with Gasteiger partial charge in [-0.15, -0.1) is 0 Å². The second-order valence-corrected chi connectivity index (χ2v) is 7.55. The minimum atomic E-state index is -0.0925. The summed E-state index contributed by atoms with van der Waals surface area (Å²) in [6, 6.07) is 8.62. The Morgan fingerprint density at radius 1 is 1.10 bits per heavy atom. The highest BCUT2D eigenvalue weighted by Gasteiger charge is 2.23. The predicted octanol–water partition coefficient (Wildman–Crippen LogP) is 4.82. The predicted molar refractivity (Wildman–Crippen MR) is 84.1 cm³/mol. The second kappa shape index (κ2) is 5.87. The summed E-state index contributed by atoms with van der Waals surface area (Å²) in [6.45, 7) is 15.5. The van der Waals surface area contributed by atoms with Crippen molar-refractivity contribution >= 4 is 0 Å². The lowest BCUT2D eigenvalue weighted by Gasteiger charge is -2.27. The van der Waals surface area contributed by atoms with Crippen molar-refractivity contribution in [1.29, 1.82) is 5.26 Å². The first-order valence-electron chi connectivity index (χ1n) is 7.23. The van der Waals surface area contributed by atoms with Gasteiger partial charge in [0.2, 0.25) is 0 Å². The Morgan fingerprint density at radius 2 is 1.70 bits per heavy atom. The first-order chi connectivity index (χ1) is 9.05. The molecule has 1 atom stereocenters. The zero-order chi connectivity index (χ0) is 15.6. The Kier molecular flexibility index (Phi) is 4.86. The molecule has 0 fully saturated rings. The Balaban J connectivity index is 3.16. The average Bonchev–Trinajstić information content (AvgIpc) is 2.33. The van der Waals surface area contributed by atoms with Gasteiger partial charge in [0.05, 0.1) is 12.0 Å². The normalized spacial score (nSPS) is 13.7. The maximum atomic E-state index is 8.86. The Morgan fingerprint density at radius 3 is 2.15 bits per heavy atom. The number of ether oxygens (including phenoxy) is 1. The van der Waals surface area contributed by atoms with E-state index in [2.05, 4.69) is 59.7 Å². The van der Waals surface area contributed by atoms with Crippen molar-refractivity contribution in [2.24, 2.45) is 5.92 Å². The molecule has 0 aromatic heterocycles. The zero-order valence-corrected chi connectivity index (χ0v) is 13.9. The first-order valence-corrected chi connectivity index (χ1v) is 7.23. The van der Waals surface area contributed by atoms with Crippen molar-refractivity contribution in [2.75, 3.05) is 6.61 Å². The summed E-state index contributed by atoms with van der Waals surface area (Å²) in [7, 11) is 0. The van der Waals surface area contributed by atoms with E-state index in [9.17, 15) is 0 Å². The highest BCUT2D eigenvalue weighted by atomic mass is 16.5. The minimum Gasteiger partial charge on any atom is -0.492 e. The zero-order valence-electron chi connectivity index (χ0n) is 13.9. The van der Waals surface area contributed by atoms with Gasteiger partial charge in [0.15, 0.2) is 0 Å². The molecule has 1 rings (SSSR count). The molecule has 0 heterocycles. The molecule has 0 spiro atoms. The van der Waals surface area contributed by atoms with Crippen LogP contribution in [-0.4, -0.2) is 6.61 Å². The smallest absolute Gasteiger partial charge is 0.123 e. The molecule has 1 aromatic carbocycles. The summed E-state index contributed by atoms with van der Waals surface area (Å²) in [5.74, 6) is 0.803. The van der Waals surface area contributed by atoms with Gasteiger partial charge in [-0.2, -0.15) is 5.26 Å². The van der Waals surface area contributed by atoms with Gasteiger partial charge in [-0.25, -0.2) is 0 Å². The number of nitrogens with zero attached hydrogens (tertiary/aromatic N) is 1. The summed E-state index contributed by atoms with van der Waals surface area (Å²) >= 11 is 0. The maximum Gasteiger partial charge on any atom is 0.123 e. The highest BCUT2D eigenvalue weighted by Crippen LogP contribution is 2.35. The van der Waals surface area contributed by atoms with Gasteiger partial charge in [0.1, 0.15) is 12.4 Å². The lowest BCUT2D eigenvalue weighted by Crippen LogP contribution is -2.18. The van der Waals surface area contributed by atoms with Crippen LogP contribution < -0.4 is 4.74 Å². The fourth-order valence-corrected chi connectivity index (χ4v) is 1.96. The summed E-state index contributed by atoms with van der Waals surface area (Å²) < 4.78 is 5.86. The van der Waals surface area contributed by atoms with Gasteiger partial charge >= 0.3 is 0 Å². The van der Waals surface area contributed by atoms with Crippen LogP contribution in [0.25, 0.3) is 0 Å². The molecule has 20 heavy (non-hydrogen) atoms. The van der Waals surface area contributed by atoms with Crippen molar-refractivity contribution in [3.05, 3.63) is 29.3 Å². The molecule has 1 aromatic rings. The Labute approximate surface area is 123 Å². The third-order valence-electron chi connectivity index (χ3n) is 3.36. The topological polar surface area (TPSA) is 33.0 Å². The monoisotopic (exact) mass is 273 g/mol. The molecule has 2 heteroatoms. The van der Waals surface area contributed by atoms with E-state index in [0.717, 1.165) is 5.75 Å². The van der Waals surface area contributed by atoms with Crippen LogP contribution in [0.5, 0.6) is 5.75 Å². The van der Waals surface area contributed by atoms with Gasteiger partial charge in [0, 0.05) is 0 Å². The Hall–Kier alpha value is -1.49. The van der Waals surface area contributed by atoms with Gasteiger partial charge in [-0.05, 0) is 34.9 Å². The summed E-state index contributed by atoms with van der Waals surface area (Å²) in [5.41, 5.74) is 2.66. The number of hydrogen-bond donors (Lipinski definition) is 0. The minimum absolute atomic E-state index is 0.0203. The molecule has 0 saturated carbocycles. The Bertz CT molecular complexity index is 498. The van der Waals surface area contributed by atoms with Crippen LogP contribution in [0.4, 0.5) is 0 Å². The van der Waals surface area contributed by atoms with E-state index in [1.807, 2.05) is 13.0 Å². The molecule has 2 nitrogen and oxygen atoms in total. The standard InChI is InChI=1S/C18H27NO/c1-13(11-19)12-20-16-9-8-14(17(2,3)4)10-15(16)18(5,6)7/h8-10,13H,12H2,1-7H3. The second-order valence-electron chi connectivity index (χ2n) is 7.55. The summed E-state index contributed by atoms with van der Waals surface area (Å²) in [4.78, 5) is 0. The number of rotatable bonds is 3. The molecule has 0 saturated heterocycles. The summed E-state index contributed by atoms with van der Waals surface area (Å²) in [6.07, 6.45) is 0. The summed E-state index contributed by atoms with van der Waals surface area (Å²) in [5, 5.41) is 8.86. The molecule has 0 amide bonds. The van der Waals surface area contributed by atoms with Crippen LogP contribution in [0.1, 0.15) is 59.6 Å². The van der Waals surface area contributed by atoms with Crippen LogP contribution >= 0.6 is 0 Å². The van der Waals surface area contributed by atoms with E-state index in [1.165, 1.54) is 11.1 Å². The van der Waals surface area contributed by atoms with E-state index in [1.54, 1.807) is 0 Å². The van der Waals surface area contributed by atoms with Crippen LogP contribution in [0.2, 0.25) is 0 Å². The molecule has 1 unspecified atom stereocenters. The van der Waals surface area contributed by atoms with Gasteiger partial charge < -0.3 is 4.74 Å². The quantitative estimate of drug-likeness (QED) is 0.791. The molecule has 0 aliphatic heterocycles. The first kappa shape index (κ1) is 16.6. The van der Waals surface area contributed by atoms with Gasteiger partial charge in [-0.1, -0.05) is 53.7 Å². The molecular weight excluding hydrogens is 246 g/mol.